The van der Waals surface area contributed by atoms with E-state index >= 15 is 0 Å². The van der Waals surface area contributed by atoms with Gasteiger partial charge in [0.05, 0.1) is 17.1 Å². The normalized spacial score (nSPS) is 12.9. The van der Waals surface area contributed by atoms with E-state index in [2.05, 4.69) is 20.1 Å². The van der Waals surface area contributed by atoms with E-state index in [-0.39, 0.29) is 16.6 Å². The lowest BCUT2D eigenvalue weighted by atomic mass is 10.1. The van der Waals surface area contributed by atoms with Crippen LogP contribution in [0.1, 0.15) is 16.1 Å². The first-order valence-electron chi connectivity index (χ1n) is 8.84. The number of pyridine rings is 1. The zero-order valence-electron chi connectivity index (χ0n) is 15.0. The van der Waals surface area contributed by atoms with Crippen molar-refractivity contribution in [2.75, 3.05) is 10.0 Å². The predicted molar refractivity (Wildman–Crippen MR) is 108 cm³/mol. The van der Waals surface area contributed by atoms with E-state index in [4.69, 9.17) is 0 Å². The number of carbonyl (C=O) groups excluding carboxylic acids is 1. The third-order valence-corrected chi connectivity index (χ3v) is 6.13. The van der Waals surface area contributed by atoms with E-state index in [9.17, 15) is 13.2 Å². The molecule has 1 aliphatic heterocycles. The van der Waals surface area contributed by atoms with Crippen LogP contribution in [-0.4, -0.2) is 29.1 Å². The van der Waals surface area contributed by atoms with Crippen LogP contribution in [0.3, 0.4) is 0 Å². The highest BCUT2D eigenvalue weighted by atomic mass is 32.2. The minimum atomic E-state index is -3.90. The van der Waals surface area contributed by atoms with Crippen LogP contribution in [0, 0.1) is 0 Å². The van der Waals surface area contributed by atoms with Crippen molar-refractivity contribution in [2.24, 2.45) is 0 Å². The molecular formula is C20H15N5O3S. The van der Waals surface area contributed by atoms with Crippen LogP contribution in [-0.2, 0) is 16.6 Å². The van der Waals surface area contributed by atoms with Gasteiger partial charge in [-0.3, -0.25) is 19.2 Å². The third-order valence-electron chi connectivity index (χ3n) is 4.71. The van der Waals surface area contributed by atoms with E-state index in [1.54, 1.807) is 47.4 Å². The molecule has 1 amide bonds. The molecule has 3 heterocycles. The number of sulfonamides is 1. The van der Waals surface area contributed by atoms with E-state index in [0.717, 1.165) is 5.69 Å². The van der Waals surface area contributed by atoms with Crippen molar-refractivity contribution in [3.05, 3.63) is 78.2 Å². The van der Waals surface area contributed by atoms with Crippen LogP contribution in [0.4, 0.5) is 11.5 Å². The number of nitrogens with one attached hydrogen (secondary N) is 2. The molecule has 0 spiro atoms. The Balaban J connectivity index is 1.47. The second-order valence-corrected chi connectivity index (χ2v) is 8.27. The fourth-order valence-electron chi connectivity index (χ4n) is 3.45. The summed E-state index contributed by atoms with van der Waals surface area (Å²) in [6.07, 6.45) is 3.38. The Labute approximate surface area is 166 Å². The molecule has 2 N–H and O–H groups in total. The highest BCUT2D eigenvalue weighted by molar-refractivity contribution is 7.93. The van der Waals surface area contributed by atoms with Crippen molar-refractivity contribution in [3.63, 3.8) is 0 Å². The minimum absolute atomic E-state index is 0.0916. The summed E-state index contributed by atoms with van der Waals surface area (Å²) < 4.78 is 30.2. The van der Waals surface area contributed by atoms with Crippen LogP contribution in [0.25, 0.3) is 10.8 Å². The minimum Gasteiger partial charge on any atom is -0.321 e. The van der Waals surface area contributed by atoms with Gasteiger partial charge in [-0.05, 0) is 30.3 Å². The van der Waals surface area contributed by atoms with Crippen LogP contribution in [0.15, 0.2) is 71.9 Å². The molecule has 0 bridgehead atoms. The summed E-state index contributed by atoms with van der Waals surface area (Å²) in [4.78, 5) is 16.4. The average molecular weight is 405 g/mol. The maximum absolute atomic E-state index is 13.0. The topological polar surface area (TPSA) is 106 Å². The lowest BCUT2D eigenvalue weighted by Gasteiger charge is -2.10. The van der Waals surface area contributed by atoms with Crippen molar-refractivity contribution in [1.82, 2.24) is 14.8 Å². The van der Waals surface area contributed by atoms with Gasteiger partial charge in [-0.25, -0.2) is 8.42 Å². The Kier molecular flexibility index (Phi) is 3.85. The molecule has 144 valence electrons. The van der Waals surface area contributed by atoms with Gasteiger partial charge in [0.25, 0.3) is 15.9 Å². The molecule has 2 aromatic carbocycles. The van der Waals surface area contributed by atoms with Crippen molar-refractivity contribution < 1.29 is 13.2 Å². The molecule has 29 heavy (non-hydrogen) atoms. The first-order chi connectivity index (χ1) is 14.0. The molecule has 1 aliphatic rings. The van der Waals surface area contributed by atoms with Gasteiger partial charge in [-0.2, -0.15) is 5.10 Å². The molecule has 9 heteroatoms. The molecule has 0 unspecified atom stereocenters. The van der Waals surface area contributed by atoms with Gasteiger partial charge in [0.1, 0.15) is 0 Å². The summed E-state index contributed by atoms with van der Waals surface area (Å²) in [5.74, 6) is -0.0280. The van der Waals surface area contributed by atoms with Gasteiger partial charge >= 0.3 is 0 Å². The quantitative estimate of drug-likeness (QED) is 0.531. The molecule has 0 radical (unpaired) electrons. The zero-order valence-corrected chi connectivity index (χ0v) is 15.8. The van der Waals surface area contributed by atoms with Crippen molar-refractivity contribution in [1.29, 1.82) is 0 Å². The summed E-state index contributed by atoms with van der Waals surface area (Å²) in [5, 5.41) is 8.12. The van der Waals surface area contributed by atoms with Gasteiger partial charge in [0.15, 0.2) is 5.82 Å². The number of rotatable bonds is 5. The summed E-state index contributed by atoms with van der Waals surface area (Å²) in [6.45, 7) is 0.428. The summed E-state index contributed by atoms with van der Waals surface area (Å²) in [6, 6.07) is 15.3. The smallest absolute Gasteiger partial charge is 0.263 e. The zero-order chi connectivity index (χ0) is 20.0. The number of carbonyl (C=O) groups is 1. The molecule has 4 aromatic rings. The first kappa shape index (κ1) is 17.4. The van der Waals surface area contributed by atoms with Crippen molar-refractivity contribution in [2.45, 2.75) is 11.4 Å². The van der Waals surface area contributed by atoms with Crippen LogP contribution in [0.5, 0.6) is 0 Å². The van der Waals surface area contributed by atoms with Gasteiger partial charge in [-0.15, -0.1) is 0 Å². The second kappa shape index (κ2) is 6.42. The van der Waals surface area contributed by atoms with Crippen LogP contribution in [0.2, 0.25) is 0 Å². The van der Waals surface area contributed by atoms with Crippen LogP contribution >= 0.6 is 0 Å². The fourth-order valence-corrected chi connectivity index (χ4v) is 4.65. The summed E-state index contributed by atoms with van der Waals surface area (Å²) in [7, 11) is -3.90. The van der Waals surface area contributed by atoms with Gasteiger partial charge < -0.3 is 5.32 Å². The van der Waals surface area contributed by atoms with Crippen molar-refractivity contribution in [3.8, 4) is 0 Å². The number of hydrogen-bond donors (Lipinski definition) is 2. The molecule has 0 atom stereocenters. The Morgan fingerprint density at radius 1 is 1.03 bits per heavy atom. The molecule has 0 saturated carbocycles. The van der Waals surface area contributed by atoms with E-state index in [0.29, 0.717) is 28.6 Å². The van der Waals surface area contributed by atoms with Gasteiger partial charge in [0, 0.05) is 40.5 Å². The number of amides is 1. The third kappa shape index (κ3) is 3.01. The lowest BCUT2D eigenvalue weighted by molar-refractivity contribution is 0.103. The lowest BCUT2D eigenvalue weighted by Crippen LogP contribution is -2.14. The maximum atomic E-state index is 13.0. The molecular weight excluding hydrogens is 390 g/mol. The second-order valence-electron chi connectivity index (χ2n) is 6.62. The molecule has 5 rings (SSSR count). The standard InChI is InChI=1S/C20H15N5O3S/c26-20-15-6-3-5-14-17(8-7-16(22-20)19(14)15)29(27,28)24-18-9-11-25(23-18)12-13-4-1-2-10-21-13/h1-11H,12H2,(H,22,26)(H,23,24). The number of aromatic nitrogens is 3. The first-order valence-corrected chi connectivity index (χ1v) is 10.3. The Morgan fingerprint density at radius 3 is 2.76 bits per heavy atom. The molecule has 0 aliphatic carbocycles. The fraction of sp³-hybridized carbons (Fsp3) is 0.0500. The molecule has 0 fully saturated rings. The Hall–Kier alpha value is -3.72. The summed E-state index contributed by atoms with van der Waals surface area (Å²) in [5.41, 5.74) is 1.89. The predicted octanol–water partition coefficient (Wildman–Crippen LogP) is 2.85. The van der Waals surface area contributed by atoms with Crippen molar-refractivity contribution >= 4 is 38.2 Å². The monoisotopic (exact) mass is 405 g/mol. The van der Waals surface area contributed by atoms with E-state index in [1.807, 2.05) is 18.2 Å². The highest BCUT2D eigenvalue weighted by Crippen LogP contribution is 2.36. The number of hydrogen-bond acceptors (Lipinski definition) is 5. The van der Waals surface area contributed by atoms with Gasteiger partial charge in [-0.1, -0.05) is 18.2 Å². The average Bonchev–Trinajstić information content (AvgIpc) is 3.27. The Bertz CT molecular complexity index is 1360. The SMILES string of the molecule is O=C1Nc2ccc(S(=O)(=O)Nc3ccn(Cc4ccccn4)n3)c3cccc1c23. The largest absolute Gasteiger partial charge is 0.321 e. The number of nitrogens with zero attached hydrogens (tertiary/aromatic N) is 3. The maximum Gasteiger partial charge on any atom is 0.263 e. The van der Waals surface area contributed by atoms with E-state index in [1.165, 1.54) is 6.07 Å². The molecule has 8 nitrogen and oxygen atoms in total. The number of benzene rings is 2. The van der Waals surface area contributed by atoms with Crippen LogP contribution < -0.4 is 10.0 Å². The van der Waals surface area contributed by atoms with E-state index < -0.39 is 10.0 Å². The van der Waals surface area contributed by atoms with Gasteiger partial charge in [0.2, 0.25) is 0 Å². The summed E-state index contributed by atoms with van der Waals surface area (Å²) >= 11 is 0. The highest BCUT2D eigenvalue weighted by Gasteiger charge is 2.26. The number of anilines is 2. The molecule has 2 aromatic heterocycles. The molecule has 0 saturated heterocycles. The Morgan fingerprint density at radius 2 is 1.93 bits per heavy atom.